The number of esters is 1. The molecule has 1 aliphatic heterocycles. The van der Waals surface area contributed by atoms with Crippen LogP contribution in [0, 0.1) is 6.92 Å². The summed E-state index contributed by atoms with van der Waals surface area (Å²) in [4.78, 5) is 24.3. The Morgan fingerprint density at radius 1 is 1.44 bits per heavy atom. The number of amides is 2. The van der Waals surface area contributed by atoms with Crippen LogP contribution < -0.4 is 10.6 Å². The van der Waals surface area contributed by atoms with Crippen LogP contribution in [0.1, 0.15) is 23.4 Å². The zero-order chi connectivity index (χ0) is 13.3. The van der Waals surface area contributed by atoms with Gasteiger partial charge < -0.3 is 15.4 Å². The highest BCUT2D eigenvalue weighted by molar-refractivity contribution is 7.10. The maximum Gasteiger partial charge on any atom is 0.338 e. The van der Waals surface area contributed by atoms with Gasteiger partial charge in [-0.05, 0) is 30.9 Å². The number of nitrogens with one attached hydrogen (secondary N) is 2. The van der Waals surface area contributed by atoms with Gasteiger partial charge in [-0.25, -0.2) is 9.59 Å². The van der Waals surface area contributed by atoms with Gasteiger partial charge in [-0.2, -0.15) is 0 Å². The van der Waals surface area contributed by atoms with Gasteiger partial charge in [-0.3, -0.25) is 0 Å². The molecular formula is C12H14N2O3S. The highest BCUT2D eigenvalue weighted by Gasteiger charge is 2.33. The number of allylic oxidation sites excluding steroid dienone is 1. The van der Waals surface area contributed by atoms with Crippen molar-refractivity contribution in [2.75, 3.05) is 7.11 Å². The Labute approximate surface area is 109 Å². The van der Waals surface area contributed by atoms with Crippen molar-refractivity contribution in [2.45, 2.75) is 19.9 Å². The molecule has 0 saturated carbocycles. The summed E-state index contributed by atoms with van der Waals surface area (Å²) < 4.78 is 4.78. The molecule has 2 amide bonds. The predicted octanol–water partition coefficient (Wildman–Crippen LogP) is 1.86. The van der Waals surface area contributed by atoms with Gasteiger partial charge in [-0.15, -0.1) is 11.3 Å². The zero-order valence-corrected chi connectivity index (χ0v) is 11.2. The molecule has 2 heterocycles. The lowest BCUT2D eigenvalue weighted by atomic mass is 10.00. The van der Waals surface area contributed by atoms with Crippen molar-refractivity contribution in [3.05, 3.63) is 33.2 Å². The Kier molecular flexibility index (Phi) is 3.38. The van der Waals surface area contributed by atoms with Gasteiger partial charge in [0.2, 0.25) is 0 Å². The van der Waals surface area contributed by atoms with Crippen molar-refractivity contribution >= 4 is 23.3 Å². The second kappa shape index (κ2) is 4.81. The van der Waals surface area contributed by atoms with E-state index < -0.39 is 12.0 Å². The molecule has 0 saturated heterocycles. The monoisotopic (exact) mass is 266 g/mol. The summed E-state index contributed by atoms with van der Waals surface area (Å²) in [5.74, 6) is -0.433. The zero-order valence-electron chi connectivity index (χ0n) is 10.4. The molecule has 2 rings (SSSR count). The fourth-order valence-corrected chi connectivity index (χ4v) is 2.94. The normalized spacial score (nSPS) is 19.3. The fourth-order valence-electron chi connectivity index (χ4n) is 1.95. The Morgan fingerprint density at radius 3 is 2.72 bits per heavy atom. The van der Waals surface area contributed by atoms with Gasteiger partial charge in [-0.1, -0.05) is 0 Å². The van der Waals surface area contributed by atoms with Crippen molar-refractivity contribution in [1.82, 2.24) is 10.6 Å². The molecule has 0 fully saturated rings. The summed E-state index contributed by atoms with van der Waals surface area (Å²) >= 11 is 1.51. The molecule has 0 radical (unpaired) electrons. The fraction of sp³-hybridized carbons (Fsp3) is 0.333. The van der Waals surface area contributed by atoms with Crippen molar-refractivity contribution in [1.29, 1.82) is 0 Å². The number of hydrogen-bond donors (Lipinski definition) is 2. The van der Waals surface area contributed by atoms with Crippen LogP contribution in [0.25, 0.3) is 0 Å². The molecule has 0 aromatic carbocycles. The van der Waals surface area contributed by atoms with Gasteiger partial charge in [0.1, 0.15) is 0 Å². The second-order valence-corrected chi connectivity index (χ2v) is 4.98. The molecule has 1 atom stereocenters. The number of aryl methyl sites for hydroxylation is 1. The number of hydrogen-bond acceptors (Lipinski definition) is 4. The lowest BCUT2D eigenvalue weighted by Gasteiger charge is -2.27. The van der Waals surface area contributed by atoms with E-state index in [1.165, 1.54) is 18.4 Å². The van der Waals surface area contributed by atoms with Crippen molar-refractivity contribution < 1.29 is 14.3 Å². The lowest BCUT2D eigenvalue weighted by molar-refractivity contribution is -0.136. The number of ether oxygens (including phenoxy) is 1. The van der Waals surface area contributed by atoms with E-state index in [2.05, 4.69) is 10.6 Å². The van der Waals surface area contributed by atoms with Gasteiger partial charge in [0.15, 0.2) is 0 Å². The molecule has 1 aromatic heterocycles. The van der Waals surface area contributed by atoms with Gasteiger partial charge in [0.05, 0.1) is 18.7 Å². The molecule has 1 aromatic rings. The van der Waals surface area contributed by atoms with E-state index in [0.29, 0.717) is 11.3 Å². The van der Waals surface area contributed by atoms with Gasteiger partial charge in [0, 0.05) is 10.6 Å². The van der Waals surface area contributed by atoms with Crippen LogP contribution in [-0.4, -0.2) is 19.1 Å². The molecule has 2 N–H and O–H groups in total. The molecule has 0 spiro atoms. The van der Waals surface area contributed by atoms with Gasteiger partial charge in [0.25, 0.3) is 0 Å². The first-order valence-corrected chi connectivity index (χ1v) is 6.33. The molecule has 18 heavy (non-hydrogen) atoms. The topological polar surface area (TPSA) is 67.4 Å². The summed E-state index contributed by atoms with van der Waals surface area (Å²) in [5, 5.41) is 7.28. The van der Waals surface area contributed by atoms with E-state index in [1.54, 1.807) is 6.92 Å². The van der Waals surface area contributed by atoms with Crippen LogP contribution >= 0.6 is 11.3 Å². The van der Waals surface area contributed by atoms with Crippen LogP contribution in [0.4, 0.5) is 4.79 Å². The summed E-state index contributed by atoms with van der Waals surface area (Å²) in [7, 11) is 1.33. The lowest BCUT2D eigenvalue weighted by Crippen LogP contribution is -2.45. The van der Waals surface area contributed by atoms with E-state index >= 15 is 0 Å². The average molecular weight is 266 g/mol. The molecule has 0 aliphatic carbocycles. The third kappa shape index (κ3) is 2.11. The van der Waals surface area contributed by atoms with Crippen molar-refractivity contribution in [3.8, 4) is 0 Å². The Bertz CT molecular complexity index is 533. The summed E-state index contributed by atoms with van der Waals surface area (Å²) in [6.07, 6.45) is 0. The molecule has 5 nitrogen and oxygen atoms in total. The minimum Gasteiger partial charge on any atom is -0.466 e. The first-order chi connectivity index (χ1) is 8.54. The first kappa shape index (κ1) is 12.6. The second-order valence-electron chi connectivity index (χ2n) is 4.03. The predicted molar refractivity (Wildman–Crippen MR) is 68.2 cm³/mol. The smallest absolute Gasteiger partial charge is 0.338 e. The van der Waals surface area contributed by atoms with Crippen LogP contribution in [0.2, 0.25) is 0 Å². The van der Waals surface area contributed by atoms with Crippen LogP contribution in [-0.2, 0) is 9.53 Å². The van der Waals surface area contributed by atoms with E-state index in [-0.39, 0.29) is 6.03 Å². The third-order valence-corrected chi connectivity index (χ3v) is 3.92. The average Bonchev–Trinajstić information content (AvgIpc) is 2.73. The number of rotatable bonds is 2. The third-order valence-electron chi connectivity index (χ3n) is 2.84. The van der Waals surface area contributed by atoms with E-state index in [0.717, 1.165) is 10.4 Å². The Balaban J connectivity index is 2.49. The maximum absolute atomic E-state index is 11.8. The van der Waals surface area contributed by atoms with E-state index in [4.69, 9.17) is 4.74 Å². The standard InChI is InChI=1S/C12H14N2O3S/c1-6-4-5-18-10(6)9-8(11(15)17-3)7(2)13-12(16)14-9/h4-5,9H,1-3H3,(H2,13,14,16). The number of urea groups is 1. The highest BCUT2D eigenvalue weighted by atomic mass is 32.1. The largest absolute Gasteiger partial charge is 0.466 e. The van der Waals surface area contributed by atoms with Crippen LogP contribution in [0.3, 0.4) is 0 Å². The minimum atomic E-state index is -0.439. The highest BCUT2D eigenvalue weighted by Crippen LogP contribution is 2.32. The Hall–Kier alpha value is -1.82. The number of methoxy groups -OCH3 is 1. The van der Waals surface area contributed by atoms with Crippen molar-refractivity contribution in [2.24, 2.45) is 0 Å². The SMILES string of the molecule is COC(=O)C1=C(C)NC(=O)NC1c1sccc1C. The quantitative estimate of drug-likeness (QED) is 0.803. The van der Waals surface area contributed by atoms with Crippen LogP contribution in [0.15, 0.2) is 22.7 Å². The van der Waals surface area contributed by atoms with Crippen molar-refractivity contribution in [3.63, 3.8) is 0 Å². The Morgan fingerprint density at radius 2 is 2.17 bits per heavy atom. The van der Waals surface area contributed by atoms with Crippen LogP contribution in [0.5, 0.6) is 0 Å². The van der Waals surface area contributed by atoms with Gasteiger partial charge >= 0.3 is 12.0 Å². The molecular weight excluding hydrogens is 252 g/mol. The minimum absolute atomic E-state index is 0.307. The van der Waals surface area contributed by atoms with E-state index in [9.17, 15) is 9.59 Å². The maximum atomic E-state index is 11.8. The molecule has 0 bridgehead atoms. The van der Waals surface area contributed by atoms with E-state index in [1.807, 2.05) is 18.4 Å². The summed E-state index contributed by atoms with van der Waals surface area (Å²) in [5.41, 5.74) is 2.02. The number of thiophene rings is 1. The first-order valence-electron chi connectivity index (χ1n) is 5.45. The molecule has 1 aliphatic rings. The summed E-state index contributed by atoms with van der Waals surface area (Å²) in [6, 6.07) is 1.21. The summed E-state index contributed by atoms with van der Waals surface area (Å²) in [6.45, 7) is 3.64. The molecule has 96 valence electrons. The molecule has 6 heteroatoms. The number of carbonyl (C=O) groups is 2. The molecule has 1 unspecified atom stereocenters. The number of carbonyl (C=O) groups excluding carboxylic acids is 2.